The summed E-state index contributed by atoms with van der Waals surface area (Å²) < 4.78 is 9.72. The van der Waals surface area contributed by atoms with Crippen LogP contribution in [0.3, 0.4) is 0 Å². The second kappa shape index (κ2) is 10.4. The van der Waals surface area contributed by atoms with Crippen LogP contribution in [0.2, 0.25) is 0 Å². The van der Waals surface area contributed by atoms with E-state index in [0.717, 1.165) is 12.8 Å². The molecule has 2 heterocycles. The van der Waals surface area contributed by atoms with Crippen molar-refractivity contribution in [2.75, 3.05) is 26.2 Å². The second-order valence-corrected chi connectivity index (χ2v) is 6.97. The number of amides is 2. The summed E-state index contributed by atoms with van der Waals surface area (Å²) in [5.74, 6) is 0.405. The van der Waals surface area contributed by atoms with Gasteiger partial charge in [0.25, 0.3) is 11.8 Å². The zero-order valence-electron chi connectivity index (χ0n) is 16.9. The molecule has 2 amide bonds. The molecule has 1 aliphatic rings. The van der Waals surface area contributed by atoms with E-state index in [1.807, 2.05) is 0 Å². The highest BCUT2D eigenvalue weighted by Crippen LogP contribution is 2.20. The van der Waals surface area contributed by atoms with E-state index in [-0.39, 0.29) is 18.4 Å². The topological polar surface area (TPSA) is 97.8 Å². The molecule has 30 heavy (non-hydrogen) atoms. The van der Waals surface area contributed by atoms with Crippen LogP contribution in [-0.2, 0) is 4.74 Å². The van der Waals surface area contributed by atoms with Crippen LogP contribution >= 0.6 is 0 Å². The summed E-state index contributed by atoms with van der Waals surface area (Å²) in [5, 5.41) is 2.92. The first-order valence-corrected chi connectivity index (χ1v) is 10.00. The number of carbonyl (C=O) groups is 3. The van der Waals surface area contributed by atoms with Crippen molar-refractivity contribution in [3.8, 4) is 5.75 Å². The zero-order valence-corrected chi connectivity index (χ0v) is 16.9. The molecule has 1 saturated heterocycles. The minimum atomic E-state index is -0.770. The minimum absolute atomic E-state index is 0.0614. The van der Waals surface area contributed by atoms with Crippen LogP contribution in [0.5, 0.6) is 5.75 Å². The van der Waals surface area contributed by atoms with Crippen molar-refractivity contribution < 1.29 is 23.9 Å². The van der Waals surface area contributed by atoms with Crippen molar-refractivity contribution in [1.82, 2.24) is 15.2 Å². The SMILES string of the molecule is CCOC(=O)Oc1ccc(C(=O)N2CCC(CNC(=O)c3ccccn3)CC2)cc1. The van der Waals surface area contributed by atoms with Crippen molar-refractivity contribution in [3.05, 3.63) is 59.9 Å². The van der Waals surface area contributed by atoms with E-state index in [0.29, 0.717) is 42.6 Å². The highest BCUT2D eigenvalue weighted by molar-refractivity contribution is 5.94. The van der Waals surface area contributed by atoms with E-state index in [1.54, 1.807) is 60.5 Å². The largest absolute Gasteiger partial charge is 0.513 e. The van der Waals surface area contributed by atoms with Gasteiger partial charge < -0.3 is 19.7 Å². The molecule has 1 N–H and O–H groups in total. The predicted octanol–water partition coefficient (Wildman–Crippen LogP) is 2.90. The lowest BCUT2D eigenvalue weighted by molar-refractivity contribution is 0.0684. The molecule has 0 radical (unpaired) electrons. The molecule has 1 aliphatic heterocycles. The summed E-state index contributed by atoms with van der Waals surface area (Å²) in [6, 6.07) is 11.6. The van der Waals surface area contributed by atoms with Gasteiger partial charge in [0.1, 0.15) is 11.4 Å². The molecule has 1 aromatic heterocycles. The lowest BCUT2D eigenvalue weighted by Crippen LogP contribution is -2.41. The number of hydrogen-bond donors (Lipinski definition) is 1. The van der Waals surface area contributed by atoms with Gasteiger partial charge in [0.15, 0.2) is 0 Å². The van der Waals surface area contributed by atoms with Crippen LogP contribution < -0.4 is 10.1 Å². The van der Waals surface area contributed by atoms with Crippen LogP contribution in [0, 0.1) is 5.92 Å². The first kappa shape index (κ1) is 21.3. The first-order chi connectivity index (χ1) is 14.6. The number of ether oxygens (including phenoxy) is 2. The summed E-state index contributed by atoms with van der Waals surface area (Å²) in [6.07, 6.45) is 2.46. The Morgan fingerprint density at radius 1 is 1.10 bits per heavy atom. The fourth-order valence-corrected chi connectivity index (χ4v) is 3.26. The van der Waals surface area contributed by atoms with E-state index in [2.05, 4.69) is 10.3 Å². The lowest BCUT2D eigenvalue weighted by Gasteiger charge is -2.32. The summed E-state index contributed by atoms with van der Waals surface area (Å²) in [4.78, 5) is 42.0. The molecular weight excluding hydrogens is 386 g/mol. The maximum atomic E-state index is 12.7. The second-order valence-electron chi connectivity index (χ2n) is 6.97. The Hall–Kier alpha value is -3.42. The molecule has 8 nitrogen and oxygen atoms in total. The van der Waals surface area contributed by atoms with Gasteiger partial charge in [-0.05, 0) is 62.1 Å². The molecule has 1 aromatic carbocycles. The molecule has 0 unspecified atom stereocenters. The minimum Gasteiger partial charge on any atom is -0.434 e. The Bertz CT molecular complexity index is 862. The quantitative estimate of drug-likeness (QED) is 0.580. The van der Waals surface area contributed by atoms with E-state index in [1.165, 1.54) is 0 Å². The van der Waals surface area contributed by atoms with Gasteiger partial charge in [-0.1, -0.05) is 6.07 Å². The van der Waals surface area contributed by atoms with Gasteiger partial charge in [-0.3, -0.25) is 14.6 Å². The van der Waals surface area contributed by atoms with Gasteiger partial charge in [-0.25, -0.2) is 4.79 Å². The highest BCUT2D eigenvalue weighted by atomic mass is 16.7. The summed E-state index contributed by atoms with van der Waals surface area (Å²) in [5.41, 5.74) is 0.939. The number of likely N-dealkylation sites (tertiary alicyclic amines) is 1. The van der Waals surface area contributed by atoms with E-state index >= 15 is 0 Å². The number of pyridine rings is 1. The average Bonchev–Trinajstić information content (AvgIpc) is 2.78. The van der Waals surface area contributed by atoms with Crippen molar-refractivity contribution in [2.24, 2.45) is 5.92 Å². The van der Waals surface area contributed by atoms with Crippen molar-refractivity contribution >= 4 is 18.0 Å². The van der Waals surface area contributed by atoms with Gasteiger partial charge in [0, 0.05) is 31.4 Å². The Morgan fingerprint density at radius 3 is 2.47 bits per heavy atom. The number of aromatic nitrogens is 1. The molecule has 0 saturated carbocycles. The summed E-state index contributed by atoms with van der Waals surface area (Å²) in [7, 11) is 0. The van der Waals surface area contributed by atoms with Crippen LogP contribution in [0.25, 0.3) is 0 Å². The van der Waals surface area contributed by atoms with E-state index in [9.17, 15) is 14.4 Å². The molecule has 1 fully saturated rings. The molecular formula is C22H25N3O5. The number of carbonyl (C=O) groups excluding carboxylic acids is 3. The Labute approximate surface area is 175 Å². The number of rotatable bonds is 6. The maximum absolute atomic E-state index is 12.7. The van der Waals surface area contributed by atoms with Crippen molar-refractivity contribution in [3.63, 3.8) is 0 Å². The van der Waals surface area contributed by atoms with Crippen molar-refractivity contribution in [1.29, 1.82) is 0 Å². The third-order valence-corrected chi connectivity index (χ3v) is 4.92. The fraction of sp³-hybridized carbons (Fsp3) is 0.364. The lowest BCUT2D eigenvalue weighted by atomic mass is 9.96. The summed E-state index contributed by atoms with van der Waals surface area (Å²) in [6.45, 7) is 3.75. The van der Waals surface area contributed by atoms with Crippen molar-refractivity contribution in [2.45, 2.75) is 19.8 Å². The van der Waals surface area contributed by atoms with Gasteiger partial charge >= 0.3 is 6.16 Å². The number of piperidine rings is 1. The highest BCUT2D eigenvalue weighted by Gasteiger charge is 2.24. The Kier molecular flexibility index (Phi) is 7.37. The molecule has 0 bridgehead atoms. The standard InChI is InChI=1S/C22H25N3O5/c1-2-29-22(28)30-18-8-6-17(7-9-18)21(27)25-13-10-16(11-14-25)15-24-20(26)19-5-3-4-12-23-19/h3-9,12,16H,2,10-11,13-15H2,1H3,(H,24,26). The first-order valence-electron chi connectivity index (χ1n) is 10.00. The van der Waals surface area contributed by atoms with Crippen LogP contribution in [0.1, 0.15) is 40.6 Å². The number of hydrogen-bond acceptors (Lipinski definition) is 6. The smallest absolute Gasteiger partial charge is 0.434 e. The molecule has 2 aromatic rings. The van der Waals surface area contributed by atoms with E-state index < -0.39 is 6.16 Å². The fourth-order valence-electron chi connectivity index (χ4n) is 3.26. The monoisotopic (exact) mass is 411 g/mol. The number of nitrogens with zero attached hydrogens (tertiary/aromatic N) is 2. The zero-order chi connectivity index (χ0) is 21.3. The normalized spacial score (nSPS) is 14.1. The maximum Gasteiger partial charge on any atom is 0.513 e. The molecule has 3 rings (SSSR count). The van der Waals surface area contributed by atoms with Gasteiger partial charge in [0.05, 0.1) is 6.61 Å². The third kappa shape index (κ3) is 5.79. The average molecular weight is 411 g/mol. The number of nitrogens with one attached hydrogen (secondary N) is 1. The summed E-state index contributed by atoms with van der Waals surface area (Å²) >= 11 is 0. The third-order valence-electron chi connectivity index (χ3n) is 4.92. The van der Waals surface area contributed by atoms with Gasteiger partial charge in [0.2, 0.25) is 0 Å². The van der Waals surface area contributed by atoms with E-state index in [4.69, 9.17) is 9.47 Å². The molecule has 158 valence electrons. The number of benzene rings is 1. The Morgan fingerprint density at radius 2 is 1.83 bits per heavy atom. The molecule has 0 atom stereocenters. The molecule has 0 spiro atoms. The predicted molar refractivity (Wildman–Crippen MR) is 109 cm³/mol. The van der Waals surface area contributed by atoms with Crippen LogP contribution in [0.4, 0.5) is 4.79 Å². The Balaban J connectivity index is 1.44. The van der Waals surface area contributed by atoms with Gasteiger partial charge in [-0.15, -0.1) is 0 Å². The molecule has 0 aliphatic carbocycles. The molecule has 8 heteroatoms. The van der Waals surface area contributed by atoms with Crippen LogP contribution in [-0.4, -0.2) is 54.1 Å². The van der Waals surface area contributed by atoms with Crippen LogP contribution in [0.15, 0.2) is 48.7 Å². The van der Waals surface area contributed by atoms with Gasteiger partial charge in [-0.2, -0.15) is 0 Å².